The van der Waals surface area contributed by atoms with Crippen molar-refractivity contribution in [2.45, 2.75) is 83.5 Å². The van der Waals surface area contributed by atoms with E-state index in [1.165, 1.54) is 0 Å². The fourth-order valence-electron chi connectivity index (χ4n) is 3.68. The van der Waals surface area contributed by atoms with E-state index in [0.717, 1.165) is 0 Å². The Morgan fingerprint density at radius 2 is 1.41 bits per heavy atom. The highest BCUT2D eigenvalue weighted by molar-refractivity contribution is 6.43. The van der Waals surface area contributed by atoms with Crippen LogP contribution in [0.25, 0.3) is 0 Å². The molecule has 228 valence electrons. The molecule has 1 aromatic carbocycles. The lowest BCUT2D eigenvalue weighted by Crippen LogP contribution is -2.59. The number of benzene rings is 1. The average molecular weight is 579 g/mol. The largest absolute Gasteiger partial charge is 0.475 e. The Bertz CT molecular complexity index is 1030. The molecule has 0 saturated carbocycles. The molecule has 0 fully saturated rings. The van der Waals surface area contributed by atoms with Crippen LogP contribution in [-0.4, -0.2) is 88.3 Å². The normalized spacial score (nSPS) is 14.2. The van der Waals surface area contributed by atoms with E-state index in [2.05, 4.69) is 21.3 Å². The van der Waals surface area contributed by atoms with Crippen LogP contribution in [0.5, 0.6) is 0 Å². The number of carbonyl (C=O) groups excluding carboxylic acids is 5. The van der Waals surface area contributed by atoms with Crippen molar-refractivity contribution in [2.24, 2.45) is 11.7 Å². The zero-order chi connectivity index (χ0) is 31.3. The van der Waals surface area contributed by atoms with Gasteiger partial charge in [0.05, 0.1) is 19.0 Å². The second-order valence-corrected chi connectivity index (χ2v) is 11.0. The maximum Gasteiger partial charge on any atom is 0.475 e. The predicted octanol–water partition coefficient (Wildman–Crippen LogP) is -1.50. The first-order valence-corrected chi connectivity index (χ1v) is 13.2. The summed E-state index contributed by atoms with van der Waals surface area (Å²) in [5.74, 6) is -4.84. The minimum atomic E-state index is -1.95. The smallest absolute Gasteiger partial charge is 0.444 e. The van der Waals surface area contributed by atoms with Gasteiger partial charge in [-0.05, 0) is 45.1 Å². The van der Waals surface area contributed by atoms with Crippen molar-refractivity contribution in [1.82, 2.24) is 21.3 Å². The standard InChI is InChI=1S/C26H42BN5O9/c1-15(2)11-17(29-24(37)19(14-33)31-25(38)41-26(3,4)5)22(35)30-18(13-21(28)34)23(36)32-20(27(39)40)12-16-9-7-6-8-10-16/h6-10,15,17-20,33,39-40H,11-14H2,1-5H3,(H2,28,34)(H,29,37)(H,30,35)(H,31,38)(H,32,36)/t17-,18-,19-,20-/m0/s1. The van der Waals surface area contributed by atoms with Crippen LogP contribution in [0.15, 0.2) is 30.3 Å². The number of nitrogens with one attached hydrogen (secondary N) is 4. The van der Waals surface area contributed by atoms with Crippen LogP contribution in [0, 0.1) is 5.92 Å². The van der Waals surface area contributed by atoms with Gasteiger partial charge in [-0.1, -0.05) is 44.2 Å². The fourth-order valence-corrected chi connectivity index (χ4v) is 3.68. The van der Waals surface area contributed by atoms with E-state index in [-0.39, 0.29) is 18.8 Å². The third-order valence-corrected chi connectivity index (χ3v) is 5.55. The zero-order valence-corrected chi connectivity index (χ0v) is 24.0. The van der Waals surface area contributed by atoms with Gasteiger partial charge in [0.1, 0.15) is 23.7 Å². The van der Waals surface area contributed by atoms with Crippen LogP contribution in [0.4, 0.5) is 4.79 Å². The summed E-state index contributed by atoms with van der Waals surface area (Å²) in [4.78, 5) is 62.9. The summed E-state index contributed by atoms with van der Waals surface area (Å²) in [6.45, 7) is 7.62. The second kappa shape index (κ2) is 16.5. The molecule has 0 aliphatic heterocycles. The van der Waals surface area contributed by atoms with Crippen LogP contribution in [0.2, 0.25) is 0 Å². The first-order chi connectivity index (χ1) is 19.0. The molecule has 0 radical (unpaired) electrons. The molecular formula is C26H42BN5O9. The van der Waals surface area contributed by atoms with Crippen molar-refractivity contribution >= 4 is 36.8 Å². The average Bonchev–Trinajstić information content (AvgIpc) is 2.84. The van der Waals surface area contributed by atoms with Gasteiger partial charge in [0.15, 0.2) is 0 Å². The Morgan fingerprint density at radius 3 is 1.90 bits per heavy atom. The Labute approximate surface area is 239 Å². The van der Waals surface area contributed by atoms with E-state index >= 15 is 0 Å². The van der Waals surface area contributed by atoms with E-state index in [0.29, 0.717) is 5.56 Å². The van der Waals surface area contributed by atoms with Gasteiger partial charge in [-0.3, -0.25) is 19.2 Å². The molecule has 0 spiro atoms. The number of carbonyl (C=O) groups is 5. The van der Waals surface area contributed by atoms with Crippen molar-refractivity contribution in [2.75, 3.05) is 6.61 Å². The highest BCUT2D eigenvalue weighted by atomic mass is 16.6. The van der Waals surface area contributed by atoms with Gasteiger partial charge in [0, 0.05) is 0 Å². The lowest BCUT2D eigenvalue weighted by molar-refractivity contribution is -0.134. The van der Waals surface area contributed by atoms with Gasteiger partial charge in [-0.25, -0.2) is 4.79 Å². The summed E-state index contributed by atoms with van der Waals surface area (Å²) >= 11 is 0. The molecule has 0 aromatic heterocycles. The number of alkyl carbamates (subject to hydrolysis) is 1. The van der Waals surface area contributed by atoms with E-state index in [9.17, 15) is 39.1 Å². The SMILES string of the molecule is CC(C)C[C@H](NC(=O)[C@H](CO)NC(=O)OC(C)(C)C)C(=O)N[C@@H](CC(N)=O)C(=O)N[C@@H](Cc1ccccc1)B(O)O. The van der Waals surface area contributed by atoms with Crippen molar-refractivity contribution in [3.8, 4) is 0 Å². The van der Waals surface area contributed by atoms with Gasteiger partial charge in [-0.2, -0.15) is 0 Å². The van der Waals surface area contributed by atoms with E-state index < -0.39 is 79.5 Å². The molecule has 0 saturated heterocycles. The van der Waals surface area contributed by atoms with Crippen molar-refractivity contribution in [3.63, 3.8) is 0 Å². The number of nitrogens with two attached hydrogens (primary N) is 1. The van der Waals surface area contributed by atoms with Gasteiger partial charge in [0.25, 0.3) is 0 Å². The molecule has 14 nitrogen and oxygen atoms in total. The molecule has 0 heterocycles. The third kappa shape index (κ3) is 14.0. The molecule has 15 heteroatoms. The molecule has 41 heavy (non-hydrogen) atoms. The lowest BCUT2D eigenvalue weighted by atomic mass is 9.75. The summed E-state index contributed by atoms with van der Waals surface area (Å²) in [7, 11) is -1.95. The van der Waals surface area contributed by atoms with Crippen LogP contribution in [0.3, 0.4) is 0 Å². The number of hydrogen-bond acceptors (Lipinski definition) is 9. The van der Waals surface area contributed by atoms with Crippen LogP contribution in [0.1, 0.15) is 53.0 Å². The molecule has 0 aliphatic rings. The summed E-state index contributed by atoms with van der Waals surface area (Å²) in [5.41, 5.74) is 5.12. The number of amides is 5. The quantitative estimate of drug-likeness (QED) is 0.113. The van der Waals surface area contributed by atoms with Crippen LogP contribution in [-0.2, 0) is 30.3 Å². The molecule has 0 bridgehead atoms. The Hall–Kier alpha value is -3.69. The predicted molar refractivity (Wildman–Crippen MR) is 150 cm³/mol. The molecule has 0 aliphatic carbocycles. The molecule has 0 unspecified atom stereocenters. The molecule has 9 N–H and O–H groups in total. The van der Waals surface area contributed by atoms with E-state index in [4.69, 9.17) is 10.5 Å². The maximum atomic E-state index is 13.2. The monoisotopic (exact) mass is 579 g/mol. The molecule has 1 aromatic rings. The van der Waals surface area contributed by atoms with E-state index in [1.54, 1.807) is 65.0 Å². The molecule has 4 atom stereocenters. The Kier molecular flexibility index (Phi) is 14.3. The minimum absolute atomic E-state index is 0.0424. The molecular weight excluding hydrogens is 537 g/mol. The number of ether oxygens (including phenoxy) is 1. The summed E-state index contributed by atoms with van der Waals surface area (Å²) < 4.78 is 5.09. The molecule has 5 amide bonds. The van der Waals surface area contributed by atoms with Crippen molar-refractivity contribution < 1.29 is 43.9 Å². The number of primary amides is 1. The van der Waals surface area contributed by atoms with Crippen molar-refractivity contribution in [1.29, 1.82) is 0 Å². The second-order valence-electron chi connectivity index (χ2n) is 11.0. The first-order valence-electron chi connectivity index (χ1n) is 13.2. The molecule has 1 rings (SSSR count). The number of hydrogen-bond donors (Lipinski definition) is 8. The maximum absolute atomic E-state index is 13.2. The van der Waals surface area contributed by atoms with E-state index in [1.807, 2.05) is 0 Å². The number of aliphatic hydroxyl groups excluding tert-OH is 1. The number of rotatable bonds is 15. The van der Waals surface area contributed by atoms with Crippen molar-refractivity contribution in [3.05, 3.63) is 35.9 Å². The summed E-state index contributed by atoms with van der Waals surface area (Å²) in [6.07, 6.45) is -1.43. The van der Waals surface area contributed by atoms with Gasteiger partial charge < -0.3 is 46.9 Å². The summed E-state index contributed by atoms with van der Waals surface area (Å²) in [6, 6.07) is 4.51. The summed E-state index contributed by atoms with van der Waals surface area (Å²) in [5, 5.41) is 38.8. The lowest BCUT2D eigenvalue weighted by Gasteiger charge is -2.27. The Balaban J connectivity index is 3.04. The van der Waals surface area contributed by atoms with Gasteiger partial charge >= 0.3 is 13.2 Å². The Morgan fingerprint density at radius 1 is 0.878 bits per heavy atom. The van der Waals surface area contributed by atoms with Crippen LogP contribution >= 0.6 is 0 Å². The van der Waals surface area contributed by atoms with Gasteiger partial charge in [0.2, 0.25) is 23.6 Å². The minimum Gasteiger partial charge on any atom is -0.444 e. The first kappa shape index (κ1) is 35.3. The van der Waals surface area contributed by atoms with Crippen LogP contribution < -0.4 is 27.0 Å². The highest BCUT2D eigenvalue weighted by Gasteiger charge is 2.33. The number of aliphatic hydroxyl groups is 1. The highest BCUT2D eigenvalue weighted by Crippen LogP contribution is 2.09. The zero-order valence-electron chi connectivity index (χ0n) is 24.0. The van der Waals surface area contributed by atoms with Gasteiger partial charge in [-0.15, -0.1) is 0 Å². The fraction of sp³-hybridized carbons (Fsp3) is 0.577. The topological polar surface area (TPSA) is 229 Å². The third-order valence-electron chi connectivity index (χ3n) is 5.55.